The highest BCUT2D eigenvalue weighted by molar-refractivity contribution is 5.69. The summed E-state index contributed by atoms with van der Waals surface area (Å²) in [5, 5.41) is 2.15. The number of hydrogen-bond acceptors (Lipinski definition) is 6. The van der Waals surface area contributed by atoms with Gasteiger partial charge in [-0.05, 0) is 12.8 Å². The smallest absolute Gasteiger partial charge is 0.278 e. The van der Waals surface area contributed by atoms with Crippen molar-refractivity contribution in [2.45, 2.75) is 45.6 Å². The van der Waals surface area contributed by atoms with Gasteiger partial charge in [0.2, 0.25) is 0 Å². The maximum atomic E-state index is 11.9. The molecule has 0 saturated carbocycles. The molecule has 3 rings (SSSR count). The molecule has 8 heteroatoms. The van der Waals surface area contributed by atoms with Gasteiger partial charge >= 0.3 is 0 Å². The molecule has 1 saturated heterocycles. The lowest BCUT2D eigenvalue weighted by atomic mass is 10.1. The van der Waals surface area contributed by atoms with Crippen molar-refractivity contribution in [3.63, 3.8) is 0 Å². The third-order valence-electron chi connectivity index (χ3n) is 4.79. The fourth-order valence-electron chi connectivity index (χ4n) is 3.25. The normalized spacial score (nSPS) is 20.3. The van der Waals surface area contributed by atoms with Crippen molar-refractivity contribution in [3.8, 4) is 0 Å². The second-order valence-corrected chi connectivity index (χ2v) is 6.82. The molecule has 2 aromatic heterocycles. The summed E-state index contributed by atoms with van der Waals surface area (Å²) in [4.78, 5) is 22.9. The Labute approximate surface area is 153 Å². The first-order valence-corrected chi connectivity index (χ1v) is 9.59. The van der Waals surface area contributed by atoms with E-state index < -0.39 is 0 Å². The Morgan fingerprint density at radius 3 is 2.81 bits per heavy atom. The lowest BCUT2D eigenvalue weighted by Gasteiger charge is -2.19. The van der Waals surface area contributed by atoms with Crippen LogP contribution in [-0.2, 0) is 9.47 Å². The monoisotopic (exact) mass is 363 g/mol. The van der Waals surface area contributed by atoms with Gasteiger partial charge in [-0.25, -0.2) is 14.6 Å². The number of aromatic amines is 1. The predicted octanol–water partition coefficient (Wildman–Crippen LogP) is 1.69. The minimum Gasteiger partial charge on any atom is -0.381 e. The Bertz CT molecular complexity index is 744. The van der Waals surface area contributed by atoms with Gasteiger partial charge in [0.1, 0.15) is 6.33 Å². The molecule has 1 fully saturated rings. The molecule has 0 aromatic carbocycles. The Hall–Kier alpha value is -1.93. The predicted molar refractivity (Wildman–Crippen MR) is 100.0 cm³/mol. The summed E-state index contributed by atoms with van der Waals surface area (Å²) in [5.41, 5.74) is 0.718. The average Bonchev–Trinajstić information content (AvgIpc) is 3.24. The van der Waals surface area contributed by atoms with Crippen LogP contribution in [0.2, 0.25) is 0 Å². The summed E-state index contributed by atoms with van der Waals surface area (Å²) in [5.74, 6) is 0.295. The number of unbranched alkanes of at least 4 members (excludes halogenated alkanes) is 2. The zero-order valence-corrected chi connectivity index (χ0v) is 15.7. The molecule has 1 aliphatic rings. The van der Waals surface area contributed by atoms with Crippen LogP contribution in [0.5, 0.6) is 0 Å². The van der Waals surface area contributed by atoms with Crippen molar-refractivity contribution in [2.24, 2.45) is 5.92 Å². The van der Waals surface area contributed by atoms with Gasteiger partial charge in [-0.2, -0.15) is 0 Å². The molecule has 0 radical (unpaired) electrons. The lowest BCUT2D eigenvalue weighted by molar-refractivity contribution is 0.000653. The molecule has 26 heavy (non-hydrogen) atoms. The van der Waals surface area contributed by atoms with Crippen LogP contribution in [0.3, 0.4) is 0 Å². The Kier molecular flexibility index (Phi) is 6.62. The average molecular weight is 363 g/mol. The van der Waals surface area contributed by atoms with Gasteiger partial charge in [0.15, 0.2) is 11.2 Å². The summed E-state index contributed by atoms with van der Waals surface area (Å²) >= 11 is 0. The molecule has 3 heterocycles. The third-order valence-corrected chi connectivity index (χ3v) is 4.79. The maximum Gasteiger partial charge on any atom is 0.278 e. The summed E-state index contributed by atoms with van der Waals surface area (Å²) in [6.45, 7) is 8.11. The molecular weight excluding hydrogens is 334 g/mol. The minimum absolute atomic E-state index is 0.114. The van der Waals surface area contributed by atoms with Crippen molar-refractivity contribution < 1.29 is 9.47 Å². The zero-order chi connectivity index (χ0) is 18.4. The van der Waals surface area contributed by atoms with E-state index in [2.05, 4.69) is 33.8 Å². The highest BCUT2D eigenvalue weighted by atomic mass is 16.5. The molecule has 0 bridgehead atoms. The standard InChI is InChI=1S/C18H29N5O3/c1-3-5-7-25-11-14-9-22(10-15(14)26-8-6-4-2)23-13-21-16-17(23)19-12-20-18(16)24/h12-15H,3-11H2,1-2H3,(H,19,20,24)/t14-,15?/m1/s1. The van der Waals surface area contributed by atoms with E-state index in [1.807, 2.05) is 4.68 Å². The number of rotatable bonds is 10. The van der Waals surface area contributed by atoms with Gasteiger partial charge in [0.25, 0.3) is 5.56 Å². The number of hydrogen-bond donors (Lipinski definition) is 1. The van der Waals surface area contributed by atoms with E-state index >= 15 is 0 Å². The number of H-pyrrole nitrogens is 1. The van der Waals surface area contributed by atoms with Crippen molar-refractivity contribution in [2.75, 3.05) is 37.9 Å². The Balaban J connectivity index is 1.71. The van der Waals surface area contributed by atoms with Crippen molar-refractivity contribution in [3.05, 3.63) is 23.0 Å². The molecule has 0 aliphatic carbocycles. The van der Waals surface area contributed by atoms with Gasteiger partial charge in [-0.15, -0.1) is 0 Å². The van der Waals surface area contributed by atoms with Gasteiger partial charge < -0.3 is 19.5 Å². The SMILES string of the molecule is CCCCOC[C@H]1CN(n2cnc3c(=O)[nH]cnc32)CC1OCCCC. The van der Waals surface area contributed by atoms with Crippen molar-refractivity contribution in [1.29, 1.82) is 0 Å². The number of nitrogens with one attached hydrogen (secondary N) is 1. The summed E-state index contributed by atoms with van der Waals surface area (Å²) in [6, 6.07) is 0. The topological polar surface area (TPSA) is 85.3 Å². The highest BCUT2D eigenvalue weighted by Gasteiger charge is 2.35. The number of ether oxygens (including phenoxy) is 2. The van der Waals surface area contributed by atoms with E-state index in [1.165, 1.54) is 6.33 Å². The summed E-state index contributed by atoms with van der Waals surface area (Å²) < 4.78 is 13.9. The molecular formula is C18H29N5O3. The maximum absolute atomic E-state index is 11.9. The zero-order valence-electron chi connectivity index (χ0n) is 15.7. The Morgan fingerprint density at radius 2 is 2.00 bits per heavy atom. The molecule has 144 valence electrons. The molecule has 8 nitrogen and oxygen atoms in total. The van der Waals surface area contributed by atoms with Crippen molar-refractivity contribution in [1.82, 2.24) is 19.6 Å². The van der Waals surface area contributed by atoms with E-state index in [9.17, 15) is 4.79 Å². The number of imidazole rings is 1. The minimum atomic E-state index is -0.219. The quantitative estimate of drug-likeness (QED) is 0.647. The van der Waals surface area contributed by atoms with E-state index in [0.29, 0.717) is 23.7 Å². The number of aromatic nitrogens is 4. The largest absolute Gasteiger partial charge is 0.381 e. The van der Waals surface area contributed by atoms with Crippen molar-refractivity contribution >= 4 is 11.2 Å². The molecule has 1 N–H and O–H groups in total. The first-order valence-electron chi connectivity index (χ1n) is 9.59. The van der Waals surface area contributed by atoms with Gasteiger partial charge in [0, 0.05) is 25.7 Å². The number of nitrogens with zero attached hydrogens (tertiary/aromatic N) is 4. The first-order chi connectivity index (χ1) is 12.7. The van der Waals surface area contributed by atoms with Gasteiger partial charge in [0.05, 0.1) is 25.6 Å². The fourth-order valence-corrected chi connectivity index (χ4v) is 3.25. The van der Waals surface area contributed by atoms with E-state index in [-0.39, 0.29) is 11.7 Å². The van der Waals surface area contributed by atoms with Crippen LogP contribution in [0.1, 0.15) is 39.5 Å². The second kappa shape index (κ2) is 9.14. The van der Waals surface area contributed by atoms with E-state index in [0.717, 1.165) is 52.0 Å². The van der Waals surface area contributed by atoms with Gasteiger partial charge in [-0.1, -0.05) is 26.7 Å². The first kappa shape index (κ1) is 18.8. The number of fused-ring (bicyclic) bond motifs is 1. The van der Waals surface area contributed by atoms with Crippen LogP contribution in [0.25, 0.3) is 11.2 Å². The Morgan fingerprint density at radius 1 is 1.19 bits per heavy atom. The van der Waals surface area contributed by atoms with Crippen LogP contribution in [0.4, 0.5) is 0 Å². The molecule has 2 atom stereocenters. The summed E-state index contributed by atoms with van der Waals surface area (Å²) in [6.07, 6.45) is 7.58. The lowest BCUT2D eigenvalue weighted by Crippen LogP contribution is -2.33. The summed E-state index contributed by atoms with van der Waals surface area (Å²) in [7, 11) is 0. The second-order valence-electron chi connectivity index (χ2n) is 6.82. The van der Waals surface area contributed by atoms with Crippen LogP contribution >= 0.6 is 0 Å². The van der Waals surface area contributed by atoms with Crippen LogP contribution in [-0.4, -0.2) is 58.6 Å². The fraction of sp³-hybridized carbons (Fsp3) is 0.722. The van der Waals surface area contributed by atoms with E-state index in [4.69, 9.17) is 9.47 Å². The van der Waals surface area contributed by atoms with Gasteiger partial charge in [-0.3, -0.25) is 4.79 Å². The highest BCUT2D eigenvalue weighted by Crippen LogP contribution is 2.21. The van der Waals surface area contributed by atoms with Crippen LogP contribution < -0.4 is 10.6 Å². The molecule has 1 unspecified atom stereocenters. The van der Waals surface area contributed by atoms with Crippen LogP contribution in [0, 0.1) is 5.92 Å². The molecule has 2 aromatic rings. The van der Waals surface area contributed by atoms with Crippen LogP contribution in [0.15, 0.2) is 17.4 Å². The van der Waals surface area contributed by atoms with E-state index in [1.54, 1.807) is 6.33 Å². The third kappa shape index (κ3) is 4.24. The molecule has 1 aliphatic heterocycles. The molecule has 0 amide bonds. The molecule has 0 spiro atoms.